The van der Waals surface area contributed by atoms with Crippen LogP contribution in [0.5, 0.6) is 5.75 Å². The third kappa shape index (κ3) is 3.77. The maximum Gasteiger partial charge on any atom is 0.154 e. The Labute approximate surface area is 206 Å². The second-order valence-corrected chi connectivity index (χ2v) is 10.3. The van der Waals surface area contributed by atoms with Gasteiger partial charge in [-0.15, -0.1) is 0 Å². The molecule has 3 aromatic carbocycles. The fourth-order valence-electron chi connectivity index (χ4n) is 6.61. The molecule has 0 saturated carbocycles. The lowest BCUT2D eigenvalue weighted by Gasteiger charge is -2.51. The Morgan fingerprint density at radius 2 is 1.91 bits per heavy atom. The van der Waals surface area contributed by atoms with Crippen LogP contribution in [0, 0.1) is 12.8 Å². The normalized spacial score (nSPS) is 23.5. The van der Waals surface area contributed by atoms with Gasteiger partial charge in [0.05, 0.1) is 13.2 Å². The molecule has 2 unspecified atom stereocenters. The van der Waals surface area contributed by atoms with E-state index in [4.69, 9.17) is 4.74 Å². The lowest BCUT2D eigenvalue weighted by atomic mass is 9.56. The molecule has 2 heterocycles. The Hall–Kier alpha value is -3.37. The summed E-state index contributed by atoms with van der Waals surface area (Å²) in [7, 11) is 1.72. The molecule has 0 amide bonds. The maximum atomic E-state index is 13.8. The van der Waals surface area contributed by atoms with E-state index in [1.54, 1.807) is 7.11 Å². The lowest BCUT2D eigenvalue weighted by Crippen LogP contribution is -2.60. The fourth-order valence-corrected chi connectivity index (χ4v) is 6.61. The second kappa shape index (κ2) is 8.69. The number of aromatic nitrogens is 1. The average Bonchev–Trinajstić information content (AvgIpc) is 3.23. The van der Waals surface area contributed by atoms with Crippen LogP contribution in [0.1, 0.15) is 34.4 Å². The van der Waals surface area contributed by atoms with Crippen LogP contribution in [-0.4, -0.2) is 30.5 Å². The Morgan fingerprint density at radius 1 is 1.06 bits per heavy atom. The van der Waals surface area contributed by atoms with E-state index in [-0.39, 0.29) is 23.2 Å². The molecule has 6 rings (SSSR count). The number of hydrogen-bond donors (Lipinski definition) is 2. The summed E-state index contributed by atoms with van der Waals surface area (Å²) < 4.78 is 5.62. The quantitative estimate of drug-likeness (QED) is 0.421. The van der Waals surface area contributed by atoms with Crippen molar-refractivity contribution in [3.63, 3.8) is 0 Å². The first-order chi connectivity index (χ1) is 17.1. The number of piperidine rings is 1. The summed E-state index contributed by atoms with van der Waals surface area (Å²) in [6, 6.07) is 25.2. The van der Waals surface area contributed by atoms with Crippen molar-refractivity contribution in [1.82, 2.24) is 10.3 Å². The predicted octanol–water partition coefficient (Wildman–Crippen LogP) is 5.31. The van der Waals surface area contributed by atoms with Crippen molar-refractivity contribution < 1.29 is 9.53 Å². The number of benzene rings is 3. The van der Waals surface area contributed by atoms with Gasteiger partial charge in [0.25, 0.3) is 0 Å². The Balaban J connectivity index is 1.47. The molecule has 1 aliphatic heterocycles. The lowest BCUT2D eigenvalue weighted by molar-refractivity contribution is -0.123. The highest BCUT2D eigenvalue weighted by atomic mass is 16.5. The number of methoxy groups -OCH3 is 1. The van der Waals surface area contributed by atoms with Gasteiger partial charge in [0, 0.05) is 28.4 Å². The van der Waals surface area contributed by atoms with Gasteiger partial charge in [0.2, 0.25) is 0 Å². The maximum absolute atomic E-state index is 13.8. The van der Waals surface area contributed by atoms with Crippen LogP contribution in [0.3, 0.4) is 0 Å². The molecule has 1 aliphatic carbocycles. The highest BCUT2D eigenvalue weighted by Crippen LogP contribution is 2.50. The first kappa shape index (κ1) is 22.1. The summed E-state index contributed by atoms with van der Waals surface area (Å²) in [5, 5.41) is 4.95. The van der Waals surface area contributed by atoms with Gasteiger partial charge in [0.15, 0.2) is 5.78 Å². The van der Waals surface area contributed by atoms with Crippen LogP contribution in [0.2, 0.25) is 0 Å². The van der Waals surface area contributed by atoms with E-state index in [0.29, 0.717) is 6.42 Å². The van der Waals surface area contributed by atoms with Crippen molar-refractivity contribution in [3.8, 4) is 5.75 Å². The van der Waals surface area contributed by atoms with E-state index in [1.807, 2.05) is 24.3 Å². The largest absolute Gasteiger partial charge is 0.497 e. The van der Waals surface area contributed by atoms with Gasteiger partial charge in [-0.1, -0.05) is 54.6 Å². The van der Waals surface area contributed by atoms with E-state index in [9.17, 15) is 4.79 Å². The monoisotopic (exact) mass is 464 g/mol. The van der Waals surface area contributed by atoms with Crippen LogP contribution >= 0.6 is 0 Å². The van der Waals surface area contributed by atoms with Crippen molar-refractivity contribution in [2.24, 2.45) is 5.92 Å². The van der Waals surface area contributed by atoms with E-state index >= 15 is 0 Å². The van der Waals surface area contributed by atoms with Crippen LogP contribution < -0.4 is 10.1 Å². The van der Waals surface area contributed by atoms with E-state index in [1.165, 1.54) is 33.3 Å². The van der Waals surface area contributed by atoms with Gasteiger partial charge in [-0.05, 0) is 79.1 Å². The summed E-state index contributed by atoms with van der Waals surface area (Å²) >= 11 is 0. The van der Waals surface area contributed by atoms with Gasteiger partial charge in [-0.2, -0.15) is 0 Å². The van der Waals surface area contributed by atoms with Gasteiger partial charge in [-0.25, -0.2) is 0 Å². The van der Waals surface area contributed by atoms with Crippen LogP contribution in [0.25, 0.3) is 10.9 Å². The molecular weight excluding hydrogens is 432 g/mol. The molecule has 4 nitrogen and oxygen atoms in total. The number of aryl methyl sites for hydroxylation is 1. The number of hydrogen-bond acceptors (Lipinski definition) is 3. The summed E-state index contributed by atoms with van der Waals surface area (Å²) in [5.74, 6) is 1.33. The summed E-state index contributed by atoms with van der Waals surface area (Å²) in [5.41, 5.74) is 7.39. The van der Waals surface area contributed by atoms with E-state index in [2.05, 4.69) is 65.8 Å². The number of H-pyrrole nitrogens is 1. The van der Waals surface area contributed by atoms with Gasteiger partial charge >= 0.3 is 0 Å². The average molecular weight is 465 g/mol. The summed E-state index contributed by atoms with van der Waals surface area (Å²) in [4.78, 5) is 17.5. The van der Waals surface area contributed by atoms with Crippen molar-refractivity contribution in [2.75, 3.05) is 13.7 Å². The minimum Gasteiger partial charge on any atom is -0.497 e. The number of ether oxygens (including phenoxy) is 1. The van der Waals surface area contributed by atoms with Crippen molar-refractivity contribution in [2.45, 2.75) is 44.1 Å². The number of carbonyl (C=O) groups is 1. The number of carbonyl (C=O) groups excluding carboxylic acids is 1. The zero-order chi connectivity index (χ0) is 24.0. The van der Waals surface area contributed by atoms with Gasteiger partial charge < -0.3 is 15.0 Å². The number of rotatable bonds is 5. The number of Topliss-reactive ketones (excluding diaryl/α,β-unsaturated/α-hetero) is 1. The fraction of sp³-hybridized carbons (Fsp3) is 0.323. The molecule has 0 bridgehead atoms. The molecule has 0 radical (unpaired) electrons. The highest BCUT2D eigenvalue weighted by Gasteiger charge is 2.51. The molecule has 1 aromatic heterocycles. The molecule has 3 atom stereocenters. The first-order valence-electron chi connectivity index (χ1n) is 12.6. The van der Waals surface area contributed by atoms with E-state index in [0.717, 1.165) is 37.1 Å². The standard InChI is InChI=1S/C31H32N2O2/c1-20-11-12-24-25-18-26-30(29(34)16-21-7-4-3-5-8-21)32-14-13-31(26,19-28(25)33-27(24)15-20)22-9-6-10-23(17-22)35-2/h3-12,15,17,26,30,32-33H,13-14,16,18-19H2,1-2H3/t26?,30?,31-/m1/s1. The molecule has 4 heteroatoms. The first-order valence-corrected chi connectivity index (χ1v) is 12.6. The minimum atomic E-state index is -0.182. The molecule has 2 aliphatic rings. The van der Waals surface area contributed by atoms with Crippen LogP contribution in [0.15, 0.2) is 72.8 Å². The smallest absolute Gasteiger partial charge is 0.154 e. The SMILES string of the molecule is COc1cccc([C@]23CCNC(C(=O)Cc4ccccc4)C2Cc2c([nH]c4cc(C)ccc24)C3)c1. The van der Waals surface area contributed by atoms with E-state index < -0.39 is 0 Å². The molecule has 2 N–H and O–H groups in total. The Bertz CT molecular complexity index is 1390. The molecule has 35 heavy (non-hydrogen) atoms. The molecule has 4 aromatic rings. The van der Waals surface area contributed by atoms with Crippen molar-refractivity contribution in [1.29, 1.82) is 0 Å². The Kier molecular flexibility index (Phi) is 5.49. The number of nitrogens with one attached hydrogen (secondary N) is 2. The topological polar surface area (TPSA) is 54.1 Å². The molecule has 178 valence electrons. The third-order valence-corrected chi connectivity index (χ3v) is 8.33. The second-order valence-electron chi connectivity index (χ2n) is 10.3. The van der Waals surface area contributed by atoms with Crippen molar-refractivity contribution in [3.05, 3.63) is 101 Å². The highest BCUT2D eigenvalue weighted by molar-refractivity contribution is 5.88. The van der Waals surface area contributed by atoms with Crippen LogP contribution in [0.4, 0.5) is 0 Å². The Morgan fingerprint density at radius 3 is 2.74 bits per heavy atom. The number of aromatic amines is 1. The predicted molar refractivity (Wildman–Crippen MR) is 140 cm³/mol. The molecular formula is C31H32N2O2. The minimum absolute atomic E-state index is 0.125. The van der Waals surface area contributed by atoms with Crippen LogP contribution in [-0.2, 0) is 29.5 Å². The zero-order valence-electron chi connectivity index (χ0n) is 20.4. The molecule has 1 saturated heterocycles. The van der Waals surface area contributed by atoms with Gasteiger partial charge in [0.1, 0.15) is 5.75 Å². The zero-order valence-corrected chi connectivity index (χ0v) is 20.4. The number of fused-ring (bicyclic) bond motifs is 4. The number of ketones is 1. The van der Waals surface area contributed by atoms with Crippen molar-refractivity contribution >= 4 is 16.7 Å². The molecule has 1 fully saturated rings. The summed E-state index contributed by atoms with van der Waals surface area (Å²) in [6.07, 6.45) is 3.25. The third-order valence-electron chi connectivity index (χ3n) is 8.33. The molecule has 0 spiro atoms. The summed E-state index contributed by atoms with van der Waals surface area (Å²) in [6.45, 7) is 2.96. The van der Waals surface area contributed by atoms with Gasteiger partial charge in [-0.3, -0.25) is 4.79 Å².